The molecule has 0 saturated carbocycles. The van der Waals surface area contributed by atoms with Gasteiger partial charge in [0, 0.05) is 85.2 Å². The molecular formula is C40H44Cl2FN5O5. The predicted octanol–water partition coefficient (Wildman–Crippen LogP) is 8.05. The molecule has 4 aromatic rings. The molecule has 0 unspecified atom stereocenters. The lowest BCUT2D eigenvalue weighted by Gasteiger charge is -2.38. The number of rotatable bonds is 12. The standard InChI is InChI=1S/C40H44Cl2FN5O5/c1-40(2,3)53-39(51)48(22-28-13-14-34(50)45-28)21-26-12-11-25(17-33(26)52-4)38-36(42)30(15-16-44-38)29-8-6-9-31(35(29)41)46-32-10-5-7-27(37(32)43)20-47-18-24(19-47)23-49/h5-12,15-17,24,28,46,49H,13-14,18-23H2,1-4H3,(H,45,50)/t28-/m0/s1. The first-order valence-electron chi connectivity index (χ1n) is 17.6. The zero-order valence-electron chi connectivity index (χ0n) is 30.2. The van der Waals surface area contributed by atoms with Gasteiger partial charge in [0.1, 0.15) is 11.4 Å². The highest BCUT2D eigenvalue weighted by atomic mass is 35.5. The summed E-state index contributed by atoms with van der Waals surface area (Å²) in [7, 11) is 1.55. The van der Waals surface area contributed by atoms with E-state index in [1.165, 1.54) is 0 Å². The lowest BCUT2D eigenvalue weighted by atomic mass is 10.00. The highest BCUT2D eigenvalue weighted by Crippen LogP contribution is 2.42. The minimum absolute atomic E-state index is 0.0349. The number of halogens is 3. The van der Waals surface area contributed by atoms with Crippen LogP contribution in [0.2, 0.25) is 10.0 Å². The van der Waals surface area contributed by atoms with Gasteiger partial charge in [-0.3, -0.25) is 14.7 Å². The minimum Gasteiger partial charge on any atom is -0.496 e. The van der Waals surface area contributed by atoms with Crippen molar-refractivity contribution in [3.8, 4) is 28.1 Å². The van der Waals surface area contributed by atoms with Crippen LogP contribution in [0, 0.1) is 11.7 Å². The van der Waals surface area contributed by atoms with Crippen LogP contribution >= 0.6 is 23.2 Å². The van der Waals surface area contributed by atoms with Gasteiger partial charge in [-0.05, 0) is 51.5 Å². The van der Waals surface area contributed by atoms with Crippen LogP contribution in [0.1, 0.15) is 44.7 Å². The van der Waals surface area contributed by atoms with Gasteiger partial charge in [-0.1, -0.05) is 59.6 Å². The average Bonchev–Trinajstić information content (AvgIpc) is 3.52. The van der Waals surface area contributed by atoms with Crippen LogP contribution < -0.4 is 15.4 Å². The molecule has 2 aliphatic heterocycles. The second-order valence-corrected chi connectivity index (χ2v) is 15.3. The number of aromatic nitrogens is 1. The number of methoxy groups -OCH3 is 1. The molecule has 0 aliphatic carbocycles. The van der Waals surface area contributed by atoms with Crippen molar-refractivity contribution in [1.29, 1.82) is 0 Å². The van der Waals surface area contributed by atoms with Gasteiger partial charge in [0.2, 0.25) is 5.91 Å². The highest BCUT2D eigenvalue weighted by molar-refractivity contribution is 6.39. The lowest BCUT2D eigenvalue weighted by molar-refractivity contribution is -0.119. The Morgan fingerprint density at radius 3 is 2.49 bits per heavy atom. The summed E-state index contributed by atoms with van der Waals surface area (Å²) in [5, 5.41) is 16.1. The number of amides is 2. The largest absolute Gasteiger partial charge is 0.496 e. The Morgan fingerprint density at radius 2 is 1.79 bits per heavy atom. The van der Waals surface area contributed by atoms with Crippen molar-refractivity contribution in [2.24, 2.45) is 5.92 Å². The van der Waals surface area contributed by atoms with E-state index in [1.807, 2.05) is 51.1 Å². The number of aliphatic hydroxyl groups excluding tert-OH is 1. The van der Waals surface area contributed by atoms with Gasteiger partial charge in [0.15, 0.2) is 5.82 Å². The number of ether oxygens (including phenoxy) is 2. The van der Waals surface area contributed by atoms with E-state index in [0.717, 1.165) is 18.7 Å². The van der Waals surface area contributed by atoms with Gasteiger partial charge < -0.3 is 30.1 Å². The number of anilines is 2. The molecule has 6 rings (SSSR count). The zero-order chi connectivity index (χ0) is 37.9. The van der Waals surface area contributed by atoms with E-state index in [2.05, 4.69) is 20.5 Å². The maximum absolute atomic E-state index is 15.6. The second-order valence-electron chi connectivity index (χ2n) is 14.5. The van der Waals surface area contributed by atoms with E-state index in [0.29, 0.717) is 74.5 Å². The maximum atomic E-state index is 15.6. The third-order valence-electron chi connectivity index (χ3n) is 9.31. The number of likely N-dealkylation sites (tertiary alicyclic amines) is 1. The fourth-order valence-electron chi connectivity index (χ4n) is 6.63. The first kappa shape index (κ1) is 38.3. The molecule has 1 atom stereocenters. The van der Waals surface area contributed by atoms with Crippen molar-refractivity contribution in [2.75, 3.05) is 38.7 Å². The quantitative estimate of drug-likeness (QED) is 0.133. The van der Waals surface area contributed by atoms with Gasteiger partial charge >= 0.3 is 6.09 Å². The van der Waals surface area contributed by atoms with E-state index in [9.17, 15) is 14.7 Å². The van der Waals surface area contributed by atoms with Gasteiger partial charge in [0.05, 0.1) is 40.8 Å². The first-order chi connectivity index (χ1) is 25.3. The smallest absolute Gasteiger partial charge is 0.410 e. The van der Waals surface area contributed by atoms with Gasteiger partial charge in [0.25, 0.3) is 0 Å². The molecule has 2 aliphatic rings. The molecular weight excluding hydrogens is 720 g/mol. The molecule has 0 radical (unpaired) electrons. The summed E-state index contributed by atoms with van der Waals surface area (Å²) < 4.78 is 27.1. The number of hydrogen-bond donors (Lipinski definition) is 3. The van der Waals surface area contributed by atoms with Crippen LogP contribution in [0.3, 0.4) is 0 Å². The maximum Gasteiger partial charge on any atom is 0.410 e. The number of nitrogens with one attached hydrogen (secondary N) is 2. The summed E-state index contributed by atoms with van der Waals surface area (Å²) in [5.41, 5.74) is 3.84. The molecule has 3 heterocycles. The number of pyridine rings is 1. The molecule has 53 heavy (non-hydrogen) atoms. The van der Waals surface area contributed by atoms with Crippen LogP contribution in [0.15, 0.2) is 66.9 Å². The Hall–Kier alpha value is -4.42. The Labute approximate surface area is 319 Å². The molecule has 2 saturated heterocycles. The van der Waals surface area contributed by atoms with Crippen molar-refractivity contribution < 1.29 is 28.6 Å². The highest BCUT2D eigenvalue weighted by Gasteiger charge is 2.30. The summed E-state index contributed by atoms with van der Waals surface area (Å²) >= 11 is 14.0. The van der Waals surface area contributed by atoms with Crippen LogP contribution in [0.25, 0.3) is 22.4 Å². The number of carbonyl (C=O) groups is 2. The normalized spacial score (nSPS) is 16.2. The molecule has 2 fully saturated rings. The zero-order valence-corrected chi connectivity index (χ0v) is 31.7. The molecule has 3 N–H and O–H groups in total. The number of hydrogen-bond acceptors (Lipinski definition) is 8. The Morgan fingerprint density at radius 1 is 1.06 bits per heavy atom. The molecule has 1 aromatic heterocycles. The summed E-state index contributed by atoms with van der Waals surface area (Å²) in [6.07, 6.45) is 2.21. The molecule has 3 aromatic carbocycles. The summed E-state index contributed by atoms with van der Waals surface area (Å²) in [6, 6.07) is 17.8. The molecule has 2 amide bonds. The van der Waals surface area contributed by atoms with E-state index >= 15 is 4.39 Å². The Balaban J connectivity index is 1.24. The Bertz CT molecular complexity index is 1980. The minimum atomic E-state index is -0.699. The third-order valence-corrected chi connectivity index (χ3v) is 10.1. The number of carbonyl (C=O) groups excluding carboxylic acids is 2. The topological polar surface area (TPSA) is 116 Å². The SMILES string of the molecule is COc1cc(-c2nccc(-c3cccc(Nc4cccc(CN5CC(CO)C5)c4F)c3Cl)c2Cl)ccc1CN(C[C@@H]1CCC(=O)N1)C(=O)OC(C)(C)C. The third kappa shape index (κ3) is 9.04. The van der Waals surface area contributed by atoms with Crippen LogP contribution in [-0.2, 0) is 22.6 Å². The van der Waals surface area contributed by atoms with Gasteiger partial charge in [-0.25, -0.2) is 9.18 Å². The fraction of sp³-hybridized carbons (Fsp3) is 0.375. The lowest BCUT2D eigenvalue weighted by Crippen LogP contribution is -2.47. The second kappa shape index (κ2) is 16.3. The van der Waals surface area contributed by atoms with E-state index in [-0.39, 0.29) is 43.4 Å². The molecule has 0 spiro atoms. The monoisotopic (exact) mass is 763 g/mol. The predicted molar refractivity (Wildman–Crippen MR) is 205 cm³/mol. The van der Waals surface area contributed by atoms with Crippen molar-refractivity contribution in [3.05, 3.63) is 93.8 Å². The van der Waals surface area contributed by atoms with E-state index < -0.39 is 11.7 Å². The Kier molecular flexibility index (Phi) is 11.8. The summed E-state index contributed by atoms with van der Waals surface area (Å²) in [6.45, 7) is 7.97. The number of aliphatic hydroxyl groups is 1. The number of nitrogens with zero attached hydrogens (tertiary/aromatic N) is 3. The van der Waals surface area contributed by atoms with Crippen molar-refractivity contribution >= 4 is 46.6 Å². The van der Waals surface area contributed by atoms with Crippen LogP contribution in [0.4, 0.5) is 20.6 Å². The van der Waals surface area contributed by atoms with Crippen LogP contribution in [-0.4, -0.2) is 76.9 Å². The van der Waals surface area contributed by atoms with Crippen molar-refractivity contribution in [1.82, 2.24) is 20.1 Å². The number of benzene rings is 3. The van der Waals surface area contributed by atoms with E-state index in [4.69, 9.17) is 32.7 Å². The van der Waals surface area contributed by atoms with Crippen molar-refractivity contribution in [3.63, 3.8) is 0 Å². The molecule has 0 bridgehead atoms. The fourth-order valence-corrected chi connectivity index (χ4v) is 7.23. The van der Waals surface area contributed by atoms with E-state index in [1.54, 1.807) is 48.5 Å². The van der Waals surface area contributed by atoms with Crippen LogP contribution in [0.5, 0.6) is 5.75 Å². The summed E-state index contributed by atoms with van der Waals surface area (Å²) in [5.74, 6) is 0.365. The van der Waals surface area contributed by atoms with Gasteiger partial charge in [-0.2, -0.15) is 0 Å². The van der Waals surface area contributed by atoms with Crippen molar-refractivity contribution in [2.45, 2.75) is 58.3 Å². The molecule has 10 nitrogen and oxygen atoms in total. The molecule has 280 valence electrons. The average molecular weight is 765 g/mol. The first-order valence-corrected chi connectivity index (χ1v) is 18.3. The summed E-state index contributed by atoms with van der Waals surface area (Å²) in [4.78, 5) is 33.4. The molecule has 13 heteroatoms. The van der Waals surface area contributed by atoms with Gasteiger partial charge in [-0.15, -0.1) is 0 Å².